The quantitative estimate of drug-likeness (QED) is 0.371. The van der Waals surface area contributed by atoms with Crippen molar-refractivity contribution in [1.29, 1.82) is 0 Å². The molecular formula is C22H32F3N3O2. The van der Waals surface area contributed by atoms with E-state index in [-0.39, 0.29) is 5.41 Å². The minimum absolute atomic E-state index is 0.273. The minimum atomic E-state index is -4.32. The molecule has 30 heavy (non-hydrogen) atoms. The van der Waals surface area contributed by atoms with Gasteiger partial charge in [0.25, 0.3) is 0 Å². The highest BCUT2D eigenvalue weighted by Gasteiger charge is 2.45. The van der Waals surface area contributed by atoms with E-state index in [1.54, 1.807) is 13.2 Å². The highest BCUT2D eigenvalue weighted by Crippen LogP contribution is 2.49. The first kappa shape index (κ1) is 22.9. The molecule has 1 unspecified atom stereocenters. The topological polar surface area (TPSA) is 46.1 Å². The van der Waals surface area contributed by atoms with Gasteiger partial charge in [0.2, 0.25) is 0 Å². The Kier molecular flexibility index (Phi) is 7.63. The van der Waals surface area contributed by atoms with E-state index in [2.05, 4.69) is 10.2 Å². The number of methoxy groups -OCH3 is 1. The van der Waals surface area contributed by atoms with Crippen LogP contribution in [0.1, 0.15) is 37.3 Å². The number of guanidine groups is 1. The first-order valence-electron chi connectivity index (χ1n) is 10.7. The van der Waals surface area contributed by atoms with Crippen molar-refractivity contribution in [3.8, 4) is 0 Å². The van der Waals surface area contributed by atoms with Crippen LogP contribution in [0.5, 0.6) is 0 Å². The Hall–Kier alpha value is -1.80. The van der Waals surface area contributed by atoms with Gasteiger partial charge in [0, 0.05) is 38.1 Å². The molecule has 1 N–H and O–H groups in total. The lowest BCUT2D eigenvalue weighted by Crippen LogP contribution is -2.40. The minimum Gasteiger partial charge on any atom is -0.382 e. The highest BCUT2D eigenvalue weighted by atomic mass is 19.4. The fourth-order valence-corrected chi connectivity index (χ4v) is 3.92. The van der Waals surface area contributed by atoms with Crippen LogP contribution in [0.2, 0.25) is 0 Å². The summed E-state index contributed by atoms with van der Waals surface area (Å²) >= 11 is 0. The summed E-state index contributed by atoms with van der Waals surface area (Å²) < 4.78 is 50.0. The van der Waals surface area contributed by atoms with Gasteiger partial charge >= 0.3 is 6.18 Å². The summed E-state index contributed by atoms with van der Waals surface area (Å²) in [6.45, 7) is 6.95. The zero-order valence-corrected chi connectivity index (χ0v) is 17.8. The van der Waals surface area contributed by atoms with E-state index >= 15 is 0 Å². The molecule has 1 heterocycles. The van der Waals surface area contributed by atoms with E-state index in [0.717, 1.165) is 56.5 Å². The van der Waals surface area contributed by atoms with Crippen molar-refractivity contribution in [2.24, 2.45) is 10.9 Å². The highest BCUT2D eigenvalue weighted by molar-refractivity contribution is 5.80. The molecule has 2 aliphatic rings. The van der Waals surface area contributed by atoms with Crippen LogP contribution in [0.3, 0.4) is 0 Å². The van der Waals surface area contributed by atoms with Gasteiger partial charge in [0.05, 0.1) is 31.9 Å². The molecule has 3 rings (SSSR count). The van der Waals surface area contributed by atoms with Crippen LogP contribution in [0.25, 0.3) is 0 Å². The summed E-state index contributed by atoms with van der Waals surface area (Å²) in [7, 11) is 1.66. The zero-order chi connectivity index (χ0) is 21.6. The number of ether oxygens (including phenoxy) is 2. The SMILES string of the molecule is CCNC(=NCC1(c2cccc(C(F)(F)F)c2)CC1)N1CCC(COCCOC)C1. The van der Waals surface area contributed by atoms with Gasteiger partial charge in [-0.3, -0.25) is 4.99 Å². The van der Waals surface area contributed by atoms with E-state index in [9.17, 15) is 13.2 Å². The van der Waals surface area contributed by atoms with E-state index in [1.807, 2.05) is 6.92 Å². The number of alkyl halides is 3. The first-order valence-corrected chi connectivity index (χ1v) is 10.7. The molecule has 1 aromatic rings. The predicted octanol–water partition coefficient (Wildman–Crippen LogP) is 3.69. The van der Waals surface area contributed by atoms with Crippen molar-refractivity contribution < 1.29 is 22.6 Å². The molecule has 0 spiro atoms. The summed E-state index contributed by atoms with van der Waals surface area (Å²) in [5.41, 5.74) is -0.120. The summed E-state index contributed by atoms with van der Waals surface area (Å²) in [6.07, 6.45) is -1.54. The summed E-state index contributed by atoms with van der Waals surface area (Å²) in [5, 5.41) is 3.34. The van der Waals surface area contributed by atoms with E-state index in [4.69, 9.17) is 14.5 Å². The van der Waals surface area contributed by atoms with E-state index < -0.39 is 11.7 Å². The summed E-state index contributed by atoms with van der Waals surface area (Å²) in [6, 6.07) is 5.72. The van der Waals surface area contributed by atoms with Gasteiger partial charge in [0.1, 0.15) is 0 Å². The molecule has 2 fully saturated rings. The molecule has 1 saturated carbocycles. The normalized spacial score (nSPS) is 21.2. The van der Waals surface area contributed by atoms with Crippen LogP contribution in [0.4, 0.5) is 13.2 Å². The molecule has 168 valence electrons. The van der Waals surface area contributed by atoms with Crippen molar-refractivity contribution in [2.45, 2.75) is 37.8 Å². The number of hydrogen-bond acceptors (Lipinski definition) is 3. The van der Waals surface area contributed by atoms with Gasteiger partial charge < -0.3 is 19.7 Å². The van der Waals surface area contributed by atoms with Gasteiger partial charge in [-0.05, 0) is 37.8 Å². The average Bonchev–Trinajstić information content (AvgIpc) is 3.38. The van der Waals surface area contributed by atoms with Gasteiger partial charge in [-0.15, -0.1) is 0 Å². The molecular weight excluding hydrogens is 395 g/mol. The monoisotopic (exact) mass is 427 g/mol. The number of benzene rings is 1. The second-order valence-electron chi connectivity index (χ2n) is 8.20. The number of aliphatic imine (C=N–C) groups is 1. The molecule has 1 aromatic carbocycles. The average molecular weight is 428 g/mol. The fourth-order valence-electron chi connectivity index (χ4n) is 3.92. The third-order valence-electron chi connectivity index (χ3n) is 5.89. The third-order valence-corrected chi connectivity index (χ3v) is 5.89. The maximum Gasteiger partial charge on any atom is 0.416 e. The third kappa shape index (κ3) is 5.88. The van der Waals surface area contributed by atoms with Crippen molar-refractivity contribution in [3.05, 3.63) is 35.4 Å². The predicted molar refractivity (Wildman–Crippen MR) is 111 cm³/mol. The number of rotatable bonds is 9. The standard InChI is InChI=1S/C22H32F3N3O2/c1-3-26-20(28-10-7-17(14-28)15-30-12-11-29-2)27-16-21(8-9-21)18-5-4-6-19(13-18)22(23,24)25/h4-6,13,17H,3,7-12,14-16H2,1-2H3,(H,26,27). The molecule has 0 bridgehead atoms. The second kappa shape index (κ2) is 10.0. The van der Waals surface area contributed by atoms with E-state index in [1.165, 1.54) is 12.1 Å². The summed E-state index contributed by atoms with van der Waals surface area (Å²) in [4.78, 5) is 7.06. The van der Waals surface area contributed by atoms with Gasteiger partial charge in [0.15, 0.2) is 5.96 Å². The van der Waals surface area contributed by atoms with Crippen LogP contribution in [0, 0.1) is 5.92 Å². The fraction of sp³-hybridized carbons (Fsp3) is 0.682. The molecule has 1 atom stereocenters. The van der Waals surface area contributed by atoms with Crippen LogP contribution >= 0.6 is 0 Å². The largest absolute Gasteiger partial charge is 0.416 e. The van der Waals surface area contributed by atoms with E-state index in [0.29, 0.717) is 32.3 Å². The molecule has 1 aliphatic carbocycles. The zero-order valence-electron chi connectivity index (χ0n) is 17.8. The first-order chi connectivity index (χ1) is 14.4. The Morgan fingerprint density at radius 1 is 1.30 bits per heavy atom. The Labute approximate surface area is 176 Å². The molecule has 0 amide bonds. The van der Waals surface area contributed by atoms with Crippen molar-refractivity contribution in [3.63, 3.8) is 0 Å². The summed E-state index contributed by atoms with van der Waals surface area (Å²) in [5.74, 6) is 1.29. The molecule has 0 radical (unpaired) electrons. The Bertz CT molecular complexity index is 720. The lowest BCUT2D eigenvalue weighted by Gasteiger charge is -2.23. The van der Waals surface area contributed by atoms with Gasteiger partial charge in [-0.2, -0.15) is 13.2 Å². The number of hydrogen-bond donors (Lipinski definition) is 1. The Balaban J connectivity index is 1.63. The lowest BCUT2D eigenvalue weighted by molar-refractivity contribution is -0.137. The van der Waals surface area contributed by atoms with Crippen LogP contribution in [0.15, 0.2) is 29.3 Å². The number of halogens is 3. The van der Waals surface area contributed by atoms with Crippen molar-refractivity contribution in [2.75, 3.05) is 53.1 Å². The van der Waals surface area contributed by atoms with Crippen LogP contribution in [-0.4, -0.2) is 64.0 Å². The molecule has 8 heteroatoms. The second-order valence-corrected chi connectivity index (χ2v) is 8.20. The molecule has 1 saturated heterocycles. The van der Waals surface area contributed by atoms with Crippen molar-refractivity contribution in [1.82, 2.24) is 10.2 Å². The number of likely N-dealkylation sites (tertiary alicyclic amines) is 1. The number of nitrogens with one attached hydrogen (secondary N) is 1. The Morgan fingerprint density at radius 3 is 2.77 bits per heavy atom. The van der Waals surface area contributed by atoms with Crippen molar-refractivity contribution >= 4 is 5.96 Å². The molecule has 1 aliphatic heterocycles. The Morgan fingerprint density at radius 2 is 2.10 bits per heavy atom. The molecule has 0 aromatic heterocycles. The van der Waals surface area contributed by atoms with Crippen LogP contribution < -0.4 is 5.32 Å². The van der Waals surface area contributed by atoms with Gasteiger partial charge in [-0.1, -0.05) is 18.2 Å². The van der Waals surface area contributed by atoms with Crippen LogP contribution in [-0.2, 0) is 21.1 Å². The maximum atomic E-state index is 13.1. The number of nitrogens with zero attached hydrogens (tertiary/aromatic N) is 2. The van der Waals surface area contributed by atoms with Gasteiger partial charge in [-0.25, -0.2) is 0 Å². The molecule has 5 nitrogen and oxygen atoms in total. The smallest absolute Gasteiger partial charge is 0.382 e. The lowest BCUT2D eigenvalue weighted by atomic mass is 9.94. The maximum absolute atomic E-state index is 13.1.